The quantitative estimate of drug-likeness (QED) is 0.766. The molecule has 6 nitrogen and oxygen atoms in total. The fraction of sp³-hybridized carbons (Fsp3) is 0.714. The van der Waals surface area contributed by atoms with Crippen molar-refractivity contribution in [3.63, 3.8) is 0 Å². The second-order valence-electron chi connectivity index (χ2n) is 5.37. The first-order chi connectivity index (χ1) is 9.70. The summed E-state index contributed by atoms with van der Waals surface area (Å²) in [6.07, 6.45) is 4.22. The number of hydrogen-bond acceptors (Lipinski definition) is 5. The number of aromatic nitrogens is 2. The van der Waals surface area contributed by atoms with Crippen molar-refractivity contribution < 1.29 is 4.74 Å². The lowest BCUT2D eigenvalue weighted by Crippen LogP contribution is -2.36. The van der Waals surface area contributed by atoms with Gasteiger partial charge in [-0.05, 0) is 18.8 Å². The summed E-state index contributed by atoms with van der Waals surface area (Å²) in [4.78, 5) is 14.3. The fourth-order valence-electron chi connectivity index (χ4n) is 2.53. The van der Waals surface area contributed by atoms with Gasteiger partial charge in [-0.2, -0.15) is 5.10 Å². The topological polar surface area (TPSA) is 73.4 Å². The molecule has 0 amide bonds. The van der Waals surface area contributed by atoms with Crippen molar-refractivity contribution in [1.82, 2.24) is 9.78 Å². The van der Waals surface area contributed by atoms with E-state index in [2.05, 4.69) is 16.9 Å². The molecule has 1 saturated heterocycles. The molecule has 1 aromatic heterocycles. The van der Waals surface area contributed by atoms with E-state index in [1.165, 1.54) is 17.5 Å². The van der Waals surface area contributed by atoms with Crippen LogP contribution >= 0.6 is 0 Å². The van der Waals surface area contributed by atoms with E-state index in [-0.39, 0.29) is 5.56 Å². The standard InChI is InChI=1S/C14H24N4O2/c1-12-3-2-5-17(11-12)13-9-14(19)18(16-10-13)6-8-20-7-4-15/h9-10,12H,2-8,11,15H2,1H3. The van der Waals surface area contributed by atoms with E-state index in [4.69, 9.17) is 10.5 Å². The minimum atomic E-state index is -0.0722. The SMILES string of the molecule is CC1CCCN(c2cnn(CCOCCN)c(=O)c2)C1. The minimum Gasteiger partial charge on any atom is -0.378 e. The third kappa shape index (κ3) is 4.05. The largest absolute Gasteiger partial charge is 0.378 e. The van der Waals surface area contributed by atoms with Crippen LogP contribution in [0.1, 0.15) is 19.8 Å². The minimum absolute atomic E-state index is 0.0722. The molecule has 2 N–H and O–H groups in total. The maximum absolute atomic E-state index is 12.0. The van der Waals surface area contributed by atoms with E-state index < -0.39 is 0 Å². The summed E-state index contributed by atoms with van der Waals surface area (Å²) < 4.78 is 6.71. The summed E-state index contributed by atoms with van der Waals surface area (Å²) in [5, 5.41) is 4.23. The van der Waals surface area contributed by atoms with Gasteiger partial charge in [0.2, 0.25) is 0 Å². The molecule has 2 rings (SSSR count). The first kappa shape index (κ1) is 15.0. The van der Waals surface area contributed by atoms with Crippen LogP contribution in [-0.2, 0) is 11.3 Å². The summed E-state index contributed by atoms with van der Waals surface area (Å²) in [7, 11) is 0. The molecule has 0 bridgehead atoms. The smallest absolute Gasteiger partial charge is 0.268 e. The normalized spacial score (nSPS) is 19.3. The van der Waals surface area contributed by atoms with Gasteiger partial charge >= 0.3 is 0 Å². The molecule has 0 aromatic carbocycles. The van der Waals surface area contributed by atoms with Gasteiger partial charge in [-0.25, -0.2) is 4.68 Å². The number of piperidine rings is 1. The third-order valence-corrected chi connectivity index (χ3v) is 3.59. The highest BCUT2D eigenvalue weighted by Gasteiger charge is 2.17. The molecule has 6 heteroatoms. The maximum Gasteiger partial charge on any atom is 0.268 e. The molecule has 0 spiro atoms. The van der Waals surface area contributed by atoms with Crippen LogP contribution in [0, 0.1) is 5.92 Å². The first-order valence-corrected chi connectivity index (χ1v) is 7.30. The van der Waals surface area contributed by atoms with Crippen molar-refractivity contribution in [3.05, 3.63) is 22.6 Å². The molecule has 1 fully saturated rings. The zero-order valence-electron chi connectivity index (χ0n) is 12.1. The Morgan fingerprint density at radius 3 is 3.05 bits per heavy atom. The Labute approximate surface area is 119 Å². The van der Waals surface area contributed by atoms with Gasteiger partial charge in [0.15, 0.2) is 0 Å². The third-order valence-electron chi connectivity index (χ3n) is 3.59. The molecule has 1 aliphatic rings. The molecular formula is C14H24N4O2. The summed E-state index contributed by atoms with van der Waals surface area (Å²) >= 11 is 0. The summed E-state index contributed by atoms with van der Waals surface area (Å²) in [5.74, 6) is 0.677. The highest BCUT2D eigenvalue weighted by Crippen LogP contribution is 2.20. The average molecular weight is 280 g/mol. The van der Waals surface area contributed by atoms with E-state index >= 15 is 0 Å². The summed E-state index contributed by atoms with van der Waals surface area (Å²) in [6, 6.07) is 1.67. The number of ether oxygens (including phenoxy) is 1. The summed E-state index contributed by atoms with van der Waals surface area (Å²) in [5.41, 5.74) is 6.20. The van der Waals surface area contributed by atoms with E-state index in [0.29, 0.717) is 32.2 Å². The van der Waals surface area contributed by atoms with Gasteiger partial charge in [-0.3, -0.25) is 4.79 Å². The molecular weight excluding hydrogens is 256 g/mol. The van der Waals surface area contributed by atoms with Crippen molar-refractivity contribution in [1.29, 1.82) is 0 Å². The van der Waals surface area contributed by atoms with Crippen LogP contribution in [0.5, 0.6) is 0 Å². The maximum atomic E-state index is 12.0. The van der Waals surface area contributed by atoms with Crippen molar-refractivity contribution in [2.24, 2.45) is 11.7 Å². The Morgan fingerprint density at radius 1 is 1.50 bits per heavy atom. The van der Waals surface area contributed by atoms with Crippen molar-refractivity contribution in [2.75, 3.05) is 37.7 Å². The molecule has 1 atom stereocenters. The lowest BCUT2D eigenvalue weighted by Gasteiger charge is -2.32. The van der Waals surface area contributed by atoms with E-state index in [0.717, 1.165) is 18.8 Å². The Balaban J connectivity index is 1.96. The Bertz CT molecular complexity index is 474. The zero-order valence-corrected chi connectivity index (χ0v) is 12.1. The lowest BCUT2D eigenvalue weighted by molar-refractivity contribution is 0.129. The molecule has 0 saturated carbocycles. The molecule has 20 heavy (non-hydrogen) atoms. The number of hydrogen-bond donors (Lipinski definition) is 1. The Morgan fingerprint density at radius 2 is 2.35 bits per heavy atom. The van der Waals surface area contributed by atoms with Crippen LogP contribution in [0.3, 0.4) is 0 Å². The van der Waals surface area contributed by atoms with Gasteiger partial charge < -0.3 is 15.4 Å². The molecule has 1 aliphatic heterocycles. The van der Waals surface area contributed by atoms with E-state index in [1.54, 1.807) is 12.3 Å². The van der Waals surface area contributed by atoms with Crippen molar-refractivity contribution >= 4 is 5.69 Å². The van der Waals surface area contributed by atoms with Crippen LogP contribution in [0.2, 0.25) is 0 Å². The van der Waals surface area contributed by atoms with Crippen LogP contribution in [0.4, 0.5) is 5.69 Å². The second-order valence-corrected chi connectivity index (χ2v) is 5.37. The molecule has 1 unspecified atom stereocenters. The molecule has 0 radical (unpaired) electrons. The second kappa shape index (κ2) is 7.40. The van der Waals surface area contributed by atoms with Gasteiger partial charge in [-0.1, -0.05) is 6.92 Å². The first-order valence-electron chi connectivity index (χ1n) is 7.30. The van der Waals surface area contributed by atoms with Gasteiger partial charge in [0.25, 0.3) is 5.56 Å². The van der Waals surface area contributed by atoms with Gasteiger partial charge in [-0.15, -0.1) is 0 Å². The molecule has 112 valence electrons. The van der Waals surface area contributed by atoms with Crippen LogP contribution < -0.4 is 16.2 Å². The molecule has 1 aromatic rings. The average Bonchev–Trinajstić information content (AvgIpc) is 2.45. The molecule has 2 heterocycles. The van der Waals surface area contributed by atoms with Crippen molar-refractivity contribution in [3.8, 4) is 0 Å². The number of nitrogens with zero attached hydrogens (tertiary/aromatic N) is 3. The fourth-order valence-corrected chi connectivity index (χ4v) is 2.53. The monoisotopic (exact) mass is 280 g/mol. The highest BCUT2D eigenvalue weighted by molar-refractivity contribution is 5.43. The Hall–Kier alpha value is -1.40. The predicted octanol–water partition coefficient (Wildman–Crippen LogP) is 0.455. The number of rotatable bonds is 6. The van der Waals surface area contributed by atoms with E-state index in [9.17, 15) is 4.79 Å². The van der Waals surface area contributed by atoms with Crippen LogP contribution in [0.15, 0.2) is 17.1 Å². The lowest BCUT2D eigenvalue weighted by atomic mass is 10.00. The Kier molecular flexibility index (Phi) is 5.55. The number of nitrogens with two attached hydrogens (primary N) is 1. The van der Waals surface area contributed by atoms with Gasteiger partial charge in [0.1, 0.15) is 0 Å². The highest BCUT2D eigenvalue weighted by atomic mass is 16.5. The van der Waals surface area contributed by atoms with E-state index in [1.807, 2.05) is 0 Å². The predicted molar refractivity (Wildman–Crippen MR) is 79.0 cm³/mol. The summed E-state index contributed by atoms with van der Waals surface area (Å²) in [6.45, 7) is 6.20. The van der Waals surface area contributed by atoms with Gasteiger partial charge in [0.05, 0.1) is 31.6 Å². The number of anilines is 1. The van der Waals surface area contributed by atoms with Crippen molar-refractivity contribution in [2.45, 2.75) is 26.3 Å². The zero-order chi connectivity index (χ0) is 14.4. The molecule has 0 aliphatic carbocycles. The van der Waals surface area contributed by atoms with Crippen LogP contribution in [0.25, 0.3) is 0 Å². The van der Waals surface area contributed by atoms with Crippen LogP contribution in [-0.4, -0.2) is 42.6 Å². The van der Waals surface area contributed by atoms with Gasteiger partial charge in [0, 0.05) is 25.7 Å².